The molecule has 200 valence electrons. The number of halogens is 1. The van der Waals surface area contributed by atoms with Gasteiger partial charge >= 0.3 is 0 Å². The second-order valence-corrected chi connectivity index (χ2v) is 10.4. The summed E-state index contributed by atoms with van der Waals surface area (Å²) < 4.78 is 1.91. The van der Waals surface area contributed by atoms with Gasteiger partial charge in [0.15, 0.2) is 0 Å². The van der Waals surface area contributed by atoms with E-state index in [0.29, 0.717) is 11.5 Å². The Morgan fingerprint density at radius 1 is 0.775 bits per heavy atom. The van der Waals surface area contributed by atoms with Gasteiger partial charge in [-0.1, -0.05) is 72.3 Å². The molecule has 7 heteroatoms. The van der Waals surface area contributed by atoms with Crippen LogP contribution in [0.1, 0.15) is 15.9 Å². The zero-order valence-electron chi connectivity index (χ0n) is 22.1. The summed E-state index contributed by atoms with van der Waals surface area (Å²) in [6, 6.07) is 35.8. The molecule has 40 heavy (non-hydrogen) atoms. The van der Waals surface area contributed by atoms with Crippen molar-refractivity contribution in [2.45, 2.75) is 6.54 Å². The number of aromatic nitrogens is 2. The second kappa shape index (κ2) is 11.8. The van der Waals surface area contributed by atoms with Crippen LogP contribution < -0.4 is 10.2 Å². The zero-order chi connectivity index (χ0) is 27.3. The molecule has 0 radical (unpaired) electrons. The SMILES string of the molecule is O=C(Nc1nc(-c2ccccc2)cn1-c1ccccc1)c1ccc(N2CCN(Cc3cccc(Cl)c3)CC2)cc1. The van der Waals surface area contributed by atoms with Crippen LogP contribution in [-0.4, -0.2) is 46.5 Å². The van der Waals surface area contributed by atoms with E-state index in [4.69, 9.17) is 16.6 Å². The molecule has 1 aromatic heterocycles. The zero-order valence-corrected chi connectivity index (χ0v) is 22.8. The Hall–Kier alpha value is -4.39. The van der Waals surface area contributed by atoms with Crippen molar-refractivity contribution in [3.63, 3.8) is 0 Å². The molecule has 2 heterocycles. The van der Waals surface area contributed by atoms with Crippen LogP contribution in [0.25, 0.3) is 16.9 Å². The van der Waals surface area contributed by atoms with Crippen LogP contribution in [0.3, 0.4) is 0 Å². The monoisotopic (exact) mass is 547 g/mol. The summed E-state index contributed by atoms with van der Waals surface area (Å²) in [5.41, 5.74) is 5.66. The lowest BCUT2D eigenvalue weighted by molar-refractivity contribution is 0.102. The molecule has 1 N–H and O–H groups in total. The number of nitrogens with one attached hydrogen (secondary N) is 1. The summed E-state index contributed by atoms with van der Waals surface area (Å²) >= 11 is 6.15. The summed E-state index contributed by atoms with van der Waals surface area (Å²) in [5.74, 6) is 0.287. The number of carbonyl (C=O) groups is 1. The number of rotatable bonds is 7. The molecule has 5 aromatic rings. The van der Waals surface area contributed by atoms with Gasteiger partial charge in [-0.15, -0.1) is 0 Å². The van der Waals surface area contributed by atoms with Crippen LogP contribution in [0.5, 0.6) is 0 Å². The van der Waals surface area contributed by atoms with Crippen LogP contribution >= 0.6 is 11.6 Å². The lowest BCUT2D eigenvalue weighted by Crippen LogP contribution is -2.45. The molecule has 0 atom stereocenters. The third-order valence-electron chi connectivity index (χ3n) is 7.20. The highest BCUT2D eigenvalue weighted by Gasteiger charge is 2.19. The number of hydrogen-bond donors (Lipinski definition) is 1. The normalized spacial score (nSPS) is 13.8. The highest BCUT2D eigenvalue weighted by atomic mass is 35.5. The van der Waals surface area contributed by atoms with Gasteiger partial charge in [-0.2, -0.15) is 0 Å². The van der Waals surface area contributed by atoms with Gasteiger partial charge in [-0.3, -0.25) is 19.6 Å². The number of imidazole rings is 1. The van der Waals surface area contributed by atoms with Crippen LogP contribution in [0, 0.1) is 0 Å². The molecule has 1 saturated heterocycles. The fourth-order valence-corrected chi connectivity index (χ4v) is 5.27. The minimum Gasteiger partial charge on any atom is -0.369 e. The van der Waals surface area contributed by atoms with E-state index in [2.05, 4.69) is 21.2 Å². The van der Waals surface area contributed by atoms with E-state index in [1.165, 1.54) is 5.56 Å². The van der Waals surface area contributed by atoms with Gasteiger partial charge in [0.1, 0.15) is 0 Å². The van der Waals surface area contributed by atoms with Crippen LogP contribution in [0.4, 0.5) is 11.6 Å². The quantitative estimate of drug-likeness (QED) is 0.244. The first-order chi connectivity index (χ1) is 19.6. The van der Waals surface area contributed by atoms with Crippen LogP contribution in [0.2, 0.25) is 5.02 Å². The van der Waals surface area contributed by atoms with E-state index in [9.17, 15) is 4.79 Å². The largest absolute Gasteiger partial charge is 0.369 e. The molecule has 0 bridgehead atoms. The summed E-state index contributed by atoms with van der Waals surface area (Å²) in [6.07, 6.45) is 1.95. The highest BCUT2D eigenvalue weighted by molar-refractivity contribution is 6.30. The summed E-state index contributed by atoms with van der Waals surface area (Å²) in [5, 5.41) is 3.81. The molecule has 1 fully saturated rings. The van der Waals surface area contributed by atoms with Gasteiger partial charge in [0.05, 0.1) is 5.69 Å². The number of nitrogens with zero attached hydrogens (tertiary/aromatic N) is 4. The van der Waals surface area contributed by atoms with Gasteiger partial charge in [0, 0.05) is 66.4 Å². The van der Waals surface area contributed by atoms with Gasteiger partial charge in [0.25, 0.3) is 5.91 Å². The first-order valence-corrected chi connectivity index (χ1v) is 13.8. The van der Waals surface area contributed by atoms with E-state index >= 15 is 0 Å². The molecule has 0 unspecified atom stereocenters. The predicted octanol–water partition coefficient (Wildman–Crippen LogP) is 6.77. The molecular weight excluding hydrogens is 518 g/mol. The van der Waals surface area contributed by atoms with Gasteiger partial charge in [0.2, 0.25) is 5.95 Å². The number of amides is 1. The topological polar surface area (TPSA) is 53.4 Å². The molecule has 1 aliphatic rings. The van der Waals surface area contributed by atoms with E-state index in [-0.39, 0.29) is 5.91 Å². The number of para-hydroxylation sites is 1. The Kier molecular flexibility index (Phi) is 7.62. The smallest absolute Gasteiger partial charge is 0.257 e. The molecule has 6 rings (SSSR count). The maximum Gasteiger partial charge on any atom is 0.257 e. The Morgan fingerprint density at radius 3 is 2.17 bits per heavy atom. The van der Waals surface area contributed by atoms with Crippen molar-refractivity contribution in [3.8, 4) is 16.9 Å². The number of benzene rings is 4. The second-order valence-electron chi connectivity index (χ2n) is 9.92. The maximum atomic E-state index is 13.3. The van der Waals surface area contributed by atoms with Crippen LogP contribution in [0.15, 0.2) is 115 Å². The van der Waals surface area contributed by atoms with Crippen molar-refractivity contribution in [2.24, 2.45) is 0 Å². The lowest BCUT2D eigenvalue weighted by Gasteiger charge is -2.36. The Bertz CT molecular complexity index is 1580. The number of anilines is 2. The van der Waals surface area contributed by atoms with Crippen molar-refractivity contribution in [2.75, 3.05) is 36.4 Å². The lowest BCUT2D eigenvalue weighted by atomic mass is 10.1. The molecule has 0 saturated carbocycles. The van der Waals surface area contributed by atoms with Gasteiger partial charge in [-0.05, 0) is 54.1 Å². The number of carbonyl (C=O) groups excluding carboxylic acids is 1. The molecule has 4 aromatic carbocycles. The van der Waals surface area contributed by atoms with Crippen molar-refractivity contribution >= 4 is 29.1 Å². The number of piperazine rings is 1. The third kappa shape index (κ3) is 5.93. The van der Waals surface area contributed by atoms with Crippen LogP contribution in [-0.2, 0) is 6.54 Å². The van der Waals surface area contributed by atoms with E-state index in [0.717, 1.165) is 60.4 Å². The fourth-order valence-electron chi connectivity index (χ4n) is 5.06. The Balaban J connectivity index is 1.13. The van der Waals surface area contributed by atoms with Crippen molar-refractivity contribution < 1.29 is 4.79 Å². The van der Waals surface area contributed by atoms with E-state index < -0.39 is 0 Å². The Labute approximate surface area is 239 Å². The van der Waals surface area contributed by atoms with Crippen molar-refractivity contribution in [1.82, 2.24) is 14.5 Å². The highest BCUT2D eigenvalue weighted by Crippen LogP contribution is 2.25. The van der Waals surface area contributed by atoms with E-state index in [1.807, 2.05) is 114 Å². The van der Waals surface area contributed by atoms with Gasteiger partial charge < -0.3 is 4.90 Å². The minimum absolute atomic E-state index is 0.194. The minimum atomic E-state index is -0.194. The average Bonchev–Trinajstić information content (AvgIpc) is 3.42. The first-order valence-electron chi connectivity index (χ1n) is 13.5. The Morgan fingerprint density at radius 2 is 1.48 bits per heavy atom. The third-order valence-corrected chi connectivity index (χ3v) is 7.43. The first kappa shape index (κ1) is 25.9. The summed E-state index contributed by atoms with van der Waals surface area (Å²) in [6.45, 7) is 4.71. The average molecular weight is 548 g/mol. The molecule has 1 amide bonds. The summed E-state index contributed by atoms with van der Waals surface area (Å²) in [4.78, 5) is 22.9. The van der Waals surface area contributed by atoms with E-state index in [1.54, 1.807) is 0 Å². The predicted molar refractivity (Wildman–Crippen MR) is 162 cm³/mol. The summed E-state index contributed by atoms with van der Waals surface area (Å²) in [7, 11) is 0. The molecule has 0 aliphatic carbocycles. The maximum absolute atomic E-state index is 13.3. The fraction of sp³-hybridized carbons (Fsp3) is 0.152. The van der Waals surface area contributed by atoms with Crippen molar-refractivity contribution in [1.29, 1.82) is 0 Å². The van der Waals surface area contributed by atoms with Crippen molar-refractivity contribution in [3.05, 3.63) is 132 Å². The number of hydrogen-bond acceptors (Lipinski definition) is 4. The standard InChI is InChI=1S/C33H30ClN5O/c34-28-11-7-8-25(22-28)23-37-18-20-38(21-19-37)29-16-14-27(15-17-29)32(40)36-33-35-31(26-9-3-1-4-10-26)24-39(33)30-12-5-2-6-13-30/h1-17,22,24H,18-21,23H2,(H,35,36,40). The molecule has 6 nitrogen and oxygen atoms in total. The molecule has 0 spiro atoms. The van der Waals surface area contributed by atoms with Gasteiger partial charge in [-0.25, -0.2) is 4.98 Å². The molecule has 1 aliphatic heterocycles. The molecular formula is C33H30ClN5O.